The van der Waals surface area contributed by atoms with Gasteiger partial charge in [-0.25, -0.2) is 0 Å². The SMILES string of the molecule is CCCC(CCC)C(=O)Nc1cccc(CBr)c1. The van der Waals surface area contributed by atoms with E-state index < -0.39 is 0 Å². The van der Waals surface area contributed by atoms with Gasteiger partial charge in [0.2, 0.25) is 5.91 Å². The monoisotopic (exact) mass is 311 g/mol. The molecule has 0 aliphatic rings. The molecule has 0 fully saturated rings. The van der Waals surface area contributed by atoms with Crippen LogP contribution in [0.15, 0.2) is 24.3 Å². The maximum atomic E-state index is 12.2. The van der Waals surface area contributed by atoms with Crippen LogP contribution in [0.25, 0.3) is 0 Å². The third-order valence-corrected chi connectivity index (χ3v) is 3.64. The molecule has 18 heavy (non-hydrogen) atoms. The summed E-state index contributed by atoms with van der Waals surface area (Å²) >= 11 is 3.42. The molecule has 0 radical (unpaired) electrons. The molecule has 0 spiro atoms. The first-order valence-electron chi connectivity index (χ1n) is 6.67. The van der Waals surface area contributed by atoms with E-state index in [-0.39, 0.29) is 11.8 Å². The summed E-state index contributed by atoms with van der Waals surface area (Å²) in [7, 11) is 0. The molecule has 0 unspecified atom stereocenters. The maximum Gasteiger partial charge on any atom is 0.227 e. The van der Waals surface area contributed by atoms with Crippen molar-refractivity contribution in [3.8, 4) is 0 Å². The van der Waals surface area contributed by atoms with E-state index >= 15 is 0 Å². The molecule has 0 bridgehead atoms. The van der Waals surface area contributed by atoms with Crippen molar-refractivity contribution < 1.29 is 4.79 Å². The maximum absolute atomic E-state index is 12.2. The van der Waals surface area contributed by atoms with Gasteiger partial charge in [-0.1, -0.05) is 54.8 Å². The van der Waals surface area contributed by atoms with Crippen LogP contribution in [0.2, 0.25) is 0 Å². The predicted octanol–water partition coefficient (Wildman–Crippen LogP) is 4.74. The van der Waals surface area contributed by atoms with Crippen molar-refractivity contribution in [2.24, 2.45) is 5.92 Å². The van der Waals surface area contributed by atoms with Gasteiger partial charge in [-0.3, -0.25) is 4.79 Å². The normalized spacial score (nSPS) is 10.7. The average Bonchev–Trinajstić information content (AvgIpc) is 2.38. The fourth-order valence-electron chi connectivity index (χ4n) is 2.08. The summed E-state index contributed by atoms with van der Waals surface area (Å²) in [6, 6.07) is 7.97. The molecule has 0 aromatic heterocycles. The Morgan fingerprint density at radius 2 is 1.94 bits per heavy atom. The smallest absolute Gasteiger partial charge is 0.227 e. The van der Waals surface area contributed by atoms with Crippen molar-refractivity contribution in [1.82, 2.24) is 0 Å². The standard InChI is InChI=1S/C15H22BrNO/c1-3-6-13(7-4-2)15(18)17-14-9-5-8-12(10-14)11-16/h5,8-10,13H,3-4,6-7,11H2,1-2H3,(H,17,18). The lowest BCUT2D eigenvalue weighted by atomic mass is 9.97. The topological polar surface area (TPSA) is 29.1 Å². The van der Waals surface area contributed by atoms with E-state index in [1.54, 1.807) is 0 Å². The van der Waals surface area contributed by atoms with E-state index in [1.807, 2.05) is 24.3 Å². The molecule has 1 rings (SSSR count). The Hall–Kier alpha value is -0.830. The summed E-state index contributed by atoms with van der Waals surface area (Å²) in [6.45, 7) is 4.25. The van der Waals surface area contributed by atoms with E-state index in [9.17, 15) is 4.79 Å². The van der Waals surface area contributed by atoms with Gasteiger partial charge in [0, 0.05) is 16.9 Å². The van der Waals surface area contributed by atoms with E-state index in [0.29, 0.717) is 0 Å². The van der Waals surface area contributed by atoms with Crippen molar-refractivity contribution in [2.45, 2.75) is 44.9 Å². The summed E-state index contributed by atoms with van der Waals surface area (Å²) in [4.78, 5) is 12.2. The highest BCUT2D eigenvalue weighted by molar-refractivity contribution is 9.08. The molecular formula is C15H22BrNO. The molecule has 0 aliphatic carbocycles. The first-order valence-corrected chi connectivity index (χ1v) is 7.79. The van der Waals surface area contributed by atoms with Gasteiger partial charge in [-0.05, 0) is 30.5 Å². The molecule has 2 nitrogen and oxygen atoms in total. The van der Waals surface area contributed by atoms with Crippen LogP contribution in [0.1, 0.15) is 45.1 Å². The number of hydrogen-bond donors (Lipinski definition) is 1. The van der Waals surface area contributed by atoms with Crippen LogP contribution in [0.5, 0.6) is 0 Å². The number of benzene rings is 1. The van der Waals surface area contributed by atoms with Crippen molar-refractivity contribution >= 4 is 27.5 Å². The summed E-state index contributed by atoms with van der Waals surface area (Å²) in [5.41, 5.74) is 2.07. The van der Waals surface area contributed by atoms with Gasteiger partial charge in [0.1, 0.15) is 0 Å². The van der Waals surface area contributed by atoms with Crippen LogP contribution in [-0.2, 0) is 10.1 Å². The summed E-state index contributed by atoms with van der Waals surface area (Å²) in [5, 5.41) is 3.84. The van der Waals surface area contributed by atoms with Gasteiger partial charge < -0.3 is 5.32 Å². The number of halogens is 1. The van der Waals surface area contributed by atoms with Gasteiger partial charge >= 0.3 is 0 Å². The van der Waals surface area contributed by atoms with Crippen molar-refractivity contribution in [2.75, 3.05) is 5.32 Å². The zero-order valence-electron chi connectivity index (χ0n) is 11.2. The molecule has 1 aromatic carbocycles. The first kappa shape index (κ1) is 15.2. The van der Waals surface area contributed by atoms with Crippen molar-refractivity contribution in [3.05, 3.63) is 29.8 Å². The summed E-state index contributed by atoms with van der Waals surface area (Å²) in [6.07, 6.45) is 4.05. The molecular weight excluding hydrogens is 290 g/mol. The number of amides is 1. The Labute approximate surface area is 118 Å². The first-order chi connectivity index (χ1) is 8.71. The molecule has 0 saturated carbocycles. The molecule has 100 valence electrons. The Kier molecular flexibility index (Phi) is 7.02. The van der Waals surface area contributed by atoms with E-state index in [1.165, 1.54) is 5.56 Å². The zero-order chi connectivity index (χ0) is 13.4. The van der Waals surface area contributed by atoms with E-state index in [2.05, 4.69) is 35.1 Å². The minimum absolute atomic E-state index is 0.146. The molecule has 1 aromatic rings. The van der Waals surface area contributed by atoms with Crippen LogP contribution in [-0.4, -0.2) is 5.91 Å². The van der Waals surface area contributed by atoms with Crippen molar-refractivity contribution in [1.29, 1.82) is 0 Å². The zero-order valence-corrected chi connectivity index (χ0v) is 12.8. The Morgan fingerprint density at radius 3 is 2.50 bits per heavy atom. The highest BCUT2D eigenvalue weighted by Gasteiger charge is 2.16. The molecule has 3 heteroatoms. The fraction of sp³-hybridized carbons (Fsp3) is 0.533. The van der Waals surface area contributed by atoms with E-state index in [4.69, 9.17) is 0 Å². The minimum Gasteiger partial charge on any atom is -0.326 e. The van der Waals surface area contributed by atoms with Gasteiger partial charge in [0.25, 0.3) is 0 Å². The third-order valence-electron chi connectivity index (χ3n) is 2.99. The number of hydrogen-bond acceptors (Lipinski definition) is 1. The second-order valence-corrected chi connectivity index (χ2v) is 5.16. The molecule has 1 amide bonds. The van der Waals surface area contributed by atoms with Gasteiger partial charge in [0.15, 0.2) is 0 Å². The molecule has 0 saturated heterocycles. The largest absolute Gasteiger partial charge is 0.326 e. The Balaban J connectivity index is 2.66. The van der Waals surface area contributed by atoms with Crippen LogP contribution >= 0.6 is 15.9 Å². The van der Waals surface area contributed by atoms with E-state index in [0.717, 1.165) is 36.7 Å². The van der Waals surface area contributed by atoms with Gasteiger partial charge in [-0.15, -0.1) is 0 Å². The lowest BCUT2D eigenvalue weighted by molar-refractivity contribution is -0.120. The highest BCUT2D eigenvalue weighted by Crippen LogP contribution is 2.18. The average molecular weight is 312 g/mol. The molecule has 1 N–H and O–H groups in total. The van der Waals surface area contributed by atoms with Crippen LogP contribution in [0.4, 0.5) is 5.69 Å². The van der Waals surface area contributed by atoms with Crippen LogP contribution in [0, 0.1) is 5.92 Å². The molecule has 0 heterocycles. The molecule has 0 aliphatic heterocycles. The quantitative estimate of drug-likeness (QED) is 0.724. The molecule has 0 atom stereocenters. The number of nitrogens with one attached hydrogen (secondary N) is 1. The van der Waals surface area contributed by atoms with Crippen molar-refractivity contribution in [3.63, 3.8) is 0 Å². The highest BCUT2D eigenvalue weighted by atomic mass is 79.9. The van der Waals surface area contributed by atoms with Gasteiger partial charge in [-0.2, -0.15) is 0 Å². The number of alkyl halides is 1. The number of anilines is 1. The van der Waals surface area contributed by atoms with Gasteiger partial charge in [0.05, 0.1) is 0 Å². The number of rotatable bonds is 7. The Bertz CT molecular complexity index is 373. The van der Waals surface area contributed by atoms with Crippen LogP contribution in [0.3, 0.4) is 0 Å². The third kappa shape index (κ3) is 4.81. The van der Waals surface area contributed by atoms with Crippen LogP contribution < -0.4 is 5.32 Å². The lowest BCUT2D eigenvalue weighted by Gasteiger charge is -2.15. The summed E-state index contributed by atoms with van der Waals surface area (Å²) in [5.74, 6) is 0.304. The second kappa shape index (κ2) is 8.30. The number of carbonyl (C=O) groups excluding carboxylic acids is 1. The fourth-order valence-corrected chi connectivity index (χ4v) is 2.43. The number of carbonyl (C=O) groups is 1. The predicted molar refractivity (Wildman–Crippen MR) is 81.0 cm³/mol. The Morgan fingerprint density at radius 1 is 1.28 bits per heavy atom. The summed E-state index contributed by atoms with van der Waals surface area (Å²) < 4.78 is 0. The lowest BCUT2D eigenvalue weighted by Crippen LogP contribution is -2.22. The second-order valence-electron chi connectivity index (χ2n) is 4.60. The minimum atomic E-state index is 0.146.